The van der Waals surface area contributed by atoms with Crippen LogP contribution in [-0.4, -0.2) is 75.7 Å². The molecule has 0 heterocycles. The number of aliphatic hydroxyl groups excluding tert-OH is 1. The summed E-state index contributed by atoms with van der Waals surface area (Å²) in [6.07, 6.45) is 2.67. The number of esters is 3. The van der Waals surface area contributed by atoms with Gasteiger partial charge in [0.05, 0.1) is 29.5 Å². The normalized spacial score (nSPS) is 14.1. The second kappa shape index (κ2) is 16.6. The topological polar surface area (TPSA) is 112 Å². The molecule has 0 spiro atoms. The molecule has 0 aliphatic carbocycles. The van der Waals surface area contributed by atoms with Crippen molar-refractivity contribution in [1.29, 1.82) is 0 Å². The van der Waals surface area contributed by atoms with Gasteiger partial charge in [-0.05, 0) is 60.1 Å². The molecule has 0 amide bonds. The summed E-state index contributed by atoms with van der Waals surface area (Å²) < 4.78 is 21.9. The van der Waals surface area contributed by atoms with E-state index in [4.69, 9.17) is 18.9 Å². The predicted molar refractivity (Wildman–Crippen MR) is 155 cm³/mol. The van der Waals surface area contributed by atoms with E-state index < -0.39 is 40.3 Å². The number of likely N-dealkylation sites (N-methyl/N-ethyl adjacent to an activating group) is 1. The van der Waals surface area contributed by atoms with Gasteiger partial charge in [0.15, 0.2) is 0 Å². The number of anilines is 1. The molecule has 0 radical (unpaired) electrons. The highest BCUT2D eigenvalue weighted by molar-refractivity contribution is 5.93. The molecule has 1 rings (SSSR count). The third-order valence-corrected chi connectivity index (χ3v) is 7.91. The van der Waals surface area contributed by atoms with Crippen molar-refractivity contribution in [3.8, 4) is 0 Å². The van der Waals surface area contributed by atoms with Crippen LogP contribution in [0.2, 0.25) is 0 Å². The highest BCUT2D eigenvalue weighted by atomic mass is 16.6. The van der Waals surface area contributed by atoms with Crippen LogP contribution in [0.25, 0.3) is 0 Å². The highest BCUT2D eigenvalue weighted by Gasteiger charge is 2.65. The fourth-order valence-corrected chi connectivity index (χ4v) is 4.56. The summed E-state index contributed by atoms with van der Waals surface area (Å²) >= 11 is 0. The number of aliphatic hydroxyl groups is 1. The maximum atomic E-state index is 13.7. The number of carbonyl (C=O) groups is 3. The monoisotopic (exact) mass is 565 g/mol. The van der Waals surface area contributed by atoms with Crippen molar-refractivity contribution in [3.63, 3.8) is 0 Å². The number of para-hydroxylation sites is 1. The van der Waals surface area contributed by atoms with Crippen LogP contribution in [0.15, 0.2) is 30.3 Å². The highest BCUT2D eigenvalue weighted by Crippen LogP contribution is 2.54. The smallest absolute Gasteiger partial charge is 0.314 e. The summed E-state index contributed by atoms with van der Waals surface area (Å²) in [5.41, 5.74) is -3.72. The van der Waals surface area contributed by atoms with Gasteiger partial charge in [-0.1, -0.05) is 44.4 Å². The van der Waals surface area contributed by atoms with Crippen LogP contribution < -0.4 is 4.90 Å². The van der Waals surface area contributed by atoms with Crippen LogP contribution >= 0.6 is 0 Å². The molecule has 0 aliphatic rings. The Bertz CT molecular complexity index is 917. The van der Waals surface area contributed by atoms with Crippen LogP contribution in [0, 0.1) is 16.2 Å². The van der Waals surface area contributed by atoms with E-state index in [0.29, 0.717) is 13.0 Å². The summed E-state index contributed by atoms with van der Waals surface area (Å²) in [6, 6.07) is 9.52. The van der Waals surface area contributed by atoms with Gasteiger partial charge < -0.3 is 29.0 Å². The summed E-state index contributed by atoms with van der Waals surface area (Å²) in [4.78, 5) is 42.4. The van der Waals surface area contributed by atoms with Gasteiger partial charge in [0, 0.05) is 25.9 Å². The van der Waals surface area contributed by atoms with Gasteiger partial charge >= 0.3 is 17.9 Å². The minimum atomic E-state index is -1.66. The average molecular weight is 566 g/mol. The van der Waals surface area contributed by atoms with E-state index in [1.165, 1.54) is 0 Å². The third-order valence-electron chi connectivity index (χ3n) is 7.91. The molecule has 0 saturated heterocycles. The van der Waals surface area contributed by atoms with Gasteiger partial charge in [-0.3, -0.25) is 14.4 Å². The van der Waals surface area contributed by atoms with Crippen LogP contribution in [0.5, 0.6) is 0 Å². The van der Waals surface area contributed by atoms with E-state index in [-0.39, 0.29) is 33.0 Å². The molecule has 0 saturated carbocycles. The summed E-state index contributed by atoms with van der Waals surface area (Å²) in [5.74, 6) is -2.06. The standard InChI is InChI=1S/C31H51NO8/c1-9-11-12-16-19-38-28(36)31(7,29(3,4)26(34)39-21-20-37-10-2)30(5,6)27(35)40-23-25(33)22-32(8)24-17-14-13-15-18-24/h13-15,17-18,25,33H,9-12,16,19-23H2,1-8H3. The lowest BCUT2D eigenvalue weighted by Gasteiger charge is -2.48. The Hall–Kier alpha value is -2.65. The number of carbonyl (C=O) groups excluding carboxylic acids is 3. The summed E-state index contributed by atoms with van der Waals surface area (Å²) in [5, 5.41) is 10.6. The predicted octanol–water partition coefficient (Wildman–Crippen LogP) is 4.79. The first kappa shape index (κ1) is 35.4. The van der Waals surface area contributed by atoms with E-state index in [1.54, 1.807) is 34.6 Å². The van der Waals surface area contributed by atoms with E-state index in [2.05, 4.69) is 6.92 Å². The van der Waals surface area contributed by atoms with E-state index in [0.717, 1.165) is 24.9 Å². The molecule has 1 aromatic carbocycles. The van der Waals surface area contributed by atoms with Crippen molar-refractivity contribution in [3.05, 3.63) is 30.3 Å². The molecule has 40 heavy (non-hydrogen) atoms. The molecule has 9 nitrogen and oxygen atoms in total. The number of nitrogens with zero attached hydrogens (tertiary/aromatic N) is 1. The van der Waals surface area contributed by atoms with Gasteiger partial charge in [-0.15, -0.1) is 0 Å². The number of ether oxygens (including phenoxy) is 4. The van der Waals surface area contributed by atoms with E-state index in [1.807, 2.05) is 49.2 Å². The Kier molecular flexibility index (Phi) is 14.7. The van der Waals surface area contributed by atoms with Crippen molar-refractivity contribution in [2.24, 2.45) is 16.2 Å². The molecule has 0 aliphatic heterocycles. The Labute approximate surface area is 240 Å². The van der Waals surface area contributed by atoms with Crippen LogP contribution in [0.4, 0.5) is 5.69 Å². The molecular formula is C31H51NO8. The maximum Gasteiger partial charge on any atom is 0.314 e. The first-order valence-electron chi connectivity index (χ1n) is 14.3. The molecule has 2 unspecified atom stereocenters. The lowest BCUT2D eigenvalue weighted by atomic mass is 9.53. The average Bonchev–Trinajstić information content (AvgIpc) is 2.93. The Morgan fingerprint density at radius 2 is 1.38 bits per heavy atom. The molecule has 0 fully saturated rings. The van der Waals surface area contributed by atoms with Crippen molar-refractivity contribution in [2.75, 3.05) is 51.5 Å². The van der Waals surface area contributed by atoms with Gasteiger partial charge in [-0.2, -0.15) is 0 Å². The fraction of sp³-hybridized carbons (Fsp3) is 0.710. The molecule has 0 bridgehead atoms. The zero-order valence-electron chi connectivity index (χ0n) is 25.8. The van der Waals surface area contributed by atoms with Gasteiger partial charge in [-0.25, -0.2) is 0 Å². The quantitative estimate of drug-likeness (QED) is 0.144. The van der Waals surface area contributed by atoms with Gasteiger partial charge in [0.1, 0.15) is 19.3 Å². The fourth-order valence-electron chi connectivity index (χ4n) is 4.56. The van der Waals surface area contributed by atoms with Gasteiger partial charge in [0.2, 0.25) is 0 Å². The second-order valence-electron chi connectivity index (χ2n) is 11.4. The Morgan fingerprint density at radius 3 is 1.95 bits per heavy atom. The number of benzene rings is 1. The number of hydrogen-bond donors (Lipinski definition) is 1. The number of hydrogen-bond acceptors (Lipinski definition) is 9. The minimum Gasteiger partial charge on any atom is -0.465 e. The Morgan fingerprint density at radius 1 is 0.800 bits per heavy atom. The molecule has 2 atom stereocenters. The minimum absolute atomic E-state index is 0.0181. The second-order valence-corrected chi connectivity index (χ2v) is 11.4. The first-order valence-corrected chi connectivity index (χ1v) is 14.3. The largest absolute Gasteiger partial charge is 0.465 e. The Balaban J connectivity index is 3.10. The molecular weight excluding hydrogens is 514 g/mol. The van der Waals surface area contributed by atoms with Crippen LogP contribution in [-0.2, 0) is 33.3 Å². The van der Waals surface area contributed by atoms with Gasteiger partial charge in [0.25, 0.3) is 0 Å². The molecule has 1 aromatic rings. The van der Waals surface area contributed by atoms with E-state index >= 15 is 0 Å². The van der Waals surface area contributed by atoms with Crippen molar-refractivity contribution >= 4 is 23.6 Å². The third kappa shape index (κ3) is 9.20. The molecule has 1 N–H and O–H groups in total. The number of unbranched alkanes of at least 4 members (excludes halogenated alkanes) is 3. The van der Waals surface area contributed by atoms with E-state index in [9.17, 15) is 19.5 Å². The lowest BCUT2D eigenvalue weighted by molar-refractivity contribution is -0.198. The van der Waals surface area contributed by atoms with Crippen molar-refractivity contribution in [1.82, 2.24) is 0 Å². The SMILES string of the molecule is CCCCCCOC(=O)C(C)(C(C)(C)C(=O)OCCOCC)C(C)(C)C(=O)OCC(O)CN(C)c1ccccc1. The zero-order valence-corrected chi connectivity index (χ0v) is 25.8. The number of rotatable bonds is 19. The van der Waals surface area contributed by atoms with Crippen LogP contribution in [0.1, 0.15) is 74.1 Å². The van der Waals surface area contributed by atoms with Crippen molar-refractivity contribution in [2.45, 2.75) is 80.3 Å². The summed E-state index contributed by atoms with van der Waals surface area (Å²) in [7, 11) is 1.83. The molecule has 228 valence electrons. The molecule has 0 aromatic heterocycles. The maximum absolute atomic E-state index is 13.7. The zero-order chi connectivity index (χ0) is 30.4. The lowest BCUT2D eigenvalue weighted by Crippen LogP contribution is -2.59. The summed E-state index contributed by atoms with van der Waals surface area (Å²) in [6.45, 7) is 12.6. The van der Waals surface area contributed by atoms with Crippen molar-refractivity contribution < 1.29 is 38.4 Å². The van der Waals surface area contributed by atoms with Crippen LogP contribution in [0.3, 0.4) is 0 Å². The molecule has 9 heteroatoms. The first-order chi connectivity index (χ1) is 18.8.